The lowest BCUT2D eigenvalue weighted by Gasteiger charge is -2.43. The summed E-state index contributed by atoms with van der Waals surface area (Å²) in [7, 11) is 0. The molecule has 1 aliphatic heterocycles. The van der Waals surface area contributed by atoms with Gasteiger partial charge in [-0.2, -0.15) is 0 Å². The van der Waals surface area contributed by atoms with E-state index >= 15 is 0 Å². The van der Waals surface area contributed by atoms with Crippen molar-refractivity contribution in [3.63, 3.8) is 0 Å². The van der Waals surface area contributed by atoms with Crippen molar-refractivity contribution >= 4 is 0 Å². The molecule has 0 spiro atoms. The first kappa shape index (κ1) is 11.4. The van der Waals surface area contributed by atoms with E-state index in [-0.39, 0.29) is 12.0 Å². The average Bonchev–Trinajstić information content (AvgIpc) is 2.91. The van der Waals surface area contributed by atoms with Gasteiger partial charge in [0.05, 0.1) is 25.2 Å². The van der Waals surface area contributed by atoms with Crippen molar-refractivity contribution in [2.24, 2.45) is 11.3 Å². The third kappa shape index (κ3) is 2.71. The average molecular weight is 213 g/mol. The summed E-state index contributed by atoms with van der Waals surface area (Å²) in [4.78, 5) is 2.56. The molecule has 3 nitrogen and oxygen atoms in total. The Bertz CT molecular complexity index is 204. The molecule has 88 valence electrons. The maximum absolute atomic E-state index is 9.42. The minimum absolute atomic E-state index is 0.0531. The maximum atomic E-state index is 9.42. The van der Waals surface area contributed by atoms with Crippen molar-refractivity contribution in [1.82, 2.24) is 4.90 Å². The van der Waals surface area contributed by atoms with E-state index in [9.17, 15) is 5.11 Å². The smallest absolute Gasteiger partial charge is 0.0579 e. The predicted molar refractivity (Wildman–Crippen MR) is 59.8 cm³/mol. The second-order valence-electron chi connectivity index (χ2n) is 5.71. The van der Waals surface area contributed by atoms with Crippen molar-refractivity contribution in [2.45, 2.75) is 32.7 Å². The fourth-order valence-electron chi connectivity index (χ4n) is 2.31. The topological polar surface area (TPSA) is 32.7 Å². The number of ether oxygens (including phenoxy) is 1. The highest BCUT2D eigenvalue weighted by Crippen LogP contribution is 2.34. The zero-order valence-corrected chi connectivity index (χ0v) is 9.91. The lowest BCUT2D eigenvalue weighted by atomic mass is 9.86. The van der Waals surface area contributed by atoms with E-state index in [1.165, 1.54) is 12.8 Å². The van der Waals surface area contributed by atoms with Gasteiger partial charge in [0.15, 0.2) is 0 Å². The molecule has 2 fully saturated rings. The molecule has 2 rings (SSSR count). The molecule has 1 aliphatic carbocycles. The van der Waals surface area contributed by atoms with E-state index in [1.807, 2.05) is 0 Å². The van der Waals surface area contributed by atoms with Crippen LogP contribution in [-0.2, 0) is 4.74 Å². The molecular weight excluding hydrogens is 190 g/mol. The lowest BCUT2D eigenvalue weighted by Crippen LogP contribution is -2.54. The Morgan fingerprint density at radius 2 is 2.07 bits per heavy atom. The van der Waals surface area contributed by atoms with Gasteiger partial charge >= 0.3 is 0 Å². The molecule has 15 heavy (non-hydrogen) atoms. The summed E-state index contributed by atoms with van der Waals surface area (Å²) in [6, 6.07) is 0.788. The molecule has 0 aromatic rings. The van der Waals surface area contributed by atoms with Gasteiger partial charge in [0.1, 0.15) is 0 Å². The summed E-state index contributed by atoms with van der Waals surface area (Å²) >= 11 is 0. The molecule has 1 saturated carbocycles. The minimum atomic E-state index is 0.0531. The molecule has 1 heterocycles. The van der Waals surface area contributed by atoms with Crippen LogP contribution in [0.15, 0.2) is 0 Å². The third-order valence-electron chi connectivity index (χ3n) is 3.35. The second kappa shape index (κ2) is 4.40. The zero-order valence-electron chi connectivity index (χ0n) is 9.91. The molecule has 0 radical (unpaired) electrons. The number of aliphatic hydroxyl groups is 1. The van der Waals surface area contributed by atoms with Crippen molar-refractivity contribution in [3.05, 3.63) is 0 Å². The number of nitrogens with zero attached hydrogens (tertiary/aromatic N) is 1. The summed E-state index contributed by atoms with van der Waals surface area (Å²) in [6.07, 6.45) is 2.68. The Morgan fingerprint density at radius 1 is 1.40 bits per heavy atom. The van der Waals surface area contributed by atoms with Crippen molar-refractivity contribution in [2.75, 3.05) is 32.9 Å². The molecule has 0 atom stereocenters. The summed E-state index contributed by atoms with van der Waals surface area (Å²) in [5.41, 5.74) is 0.0531. The van der Waals surface area contributed by atoms with Crippen LogP contribution in [0.4, 0.5) is 0 Å². The Hall–Kier alpha value is -0.120. The number of rotatable bonds is 6. The van der Waals surface area contributed by atoms with Gasteiger partial charge in [-0.15, -0.1) is 0 Å². The van der Waals surface area contributed by atoms with Gasteiger partial charge in [-0.05, 0) is 18.8 Å². The van der Waals surface area contributed by atoms with E-state index in [0.29, 0.717) is 5.92 Å². The van der Waals surface area contributed by atoms with Crippen molar-refractivity contribution in [3.8, 4) is 0 Å². The monoisotopic (exact) mass is 213 g/mol. The number of hydrogen-bond acceptors (Lipinski definition) is 3. The molecule has 0 amide bonds. The molecule has 0 bridgehead atoms. The molecular formula is C12H23NO2. The van der Waals surface area contributed by atoms with Gasteiger partial charge in [-0.1, -0.05) is 13.8 Å². The van der Waals surface area contributed by atoms with Crippen LogP contribution in [0, 0.1) is 11.3 Å². The van der Waals surface area contributed by atoms with Crippen LogP contribution < -0.4 is 0 Å². The number of aliphatic hydroxyl groups excluding tert-OH is 1. The van der Waals surface area contributed by atoms with Crippen LogP contribution in [0.25, 0.3) is 0 Å². The van der Waals surface area contributed by atoms with Gasteiger partial charge in [0.2, 0.25) is 0 Å². The molecule has 2 aliphatic rings. The van der Waals surface area contributed by atoms with E-state index < -0.39 is 0 Å². The van der Waals surface area contributed by atoms with Crippen LogP contribution in [0.5, 0.6) is 0 Å². The van der Waals surface area contributed by atoms with Gasteiger partial charge in [-0.25, -0.2) is 0 Å². The van der Waals surface area contributed by atoms with Crippen LogP contribution in [0.3, 0.4) is 0 Å². The van der Waals surface area contributed by atoms with E-state index in [4.69, 9.17) is 4.74 Å². The highest BCUT2D eigenvalue weighted by atomic mass is 16.5. The molecule has 3 heteroatoms. The minimum Gasteiger partial charge on any atom is -0.396 e. The summed E-state index contributed by atoms with van der Waals surface area (Å²) in [6.45, 7) is 8.46. The molecule has 0 aromatic carbocycles. The highest BCUT2D eigenvalue weighted by molar-refractivity contribution is 4.93. The first-order chi connectivity index (χ1) is 7.15. The quantitative estimate of drug-likeness (QED) is 0.717. The van der Waals surface area contributed by atoms with Crippen LogP contribution in [0.2, 0.25) is 0 Å². The van der Waals surface area contributed by atoms with E-state index in [0.717, 1.165) is 32.3 Å². The van der Waals surface area contributed by atoms with Crippen LogP contribution >= 0.6 is 0 Å². The Morgan fingerprint density at radius 3 is 2.40 bits per heavy atom. The van der Waals surface area contributed by atoms with Crippen LogP contribution in [0.1, 0.15) is 26.7 Å². The first-order valence-corrected chi connectivity index (χ1v) is 6.08. The van der Waals surface area contributed by atoms with Gasteiger partial charge in [-0.3, -0.25) is 4.90 Å². The van der Waals surface area contributed by atoms with Gasteiger partial charge in [0, 0.05) is 19.1 Å². The lowest BCUT2D eigenvalue weighted by molar-refractivity contribution is -0.149. The first-order valence-electron chi connectivity index (χ1n) is 6.08. The molecule has 1 N–H and O–H groups in total. The standard InChI is InChI=1S/C12H23NO2/c1-10(2)5-13(11-3-4-11)6-12(7-14)8-15-9-12/h10-11,14H,3-9H2,1-2H3. The largest absolute Gasteiger partial charge is 0.396 e. The fourth-order valence-corrected chi connectivity index (χ4v) is 2.31. The highest BCUT2D eigenvalue weighted by Gasteiger charge is 2.42. The van der Waals surface area contributed by atoms with Gasteiger partial charge < -0.3 is 9.84 Å². The summed E-state index contributed by atoms with van der Waals surface area (Å²) in [5.74, 6) is 0.710. The molecule has 0 unspecified atom stereocenters. The Balaban J connectivity index is 1.87. The third-order valence-corrected chi connectivity index (χ3v) is 3.35. The van der Waals surface area contributed by atoms with Gasteiger partial charge in [0.25, 0.3) is 0 Å². The Kier molecular flexibility index (Phi) is 3.33. The normalized spacial score (nSPS) is 24.6. The van der Waals surface area contributed by atoms with Crippen molar-refractivity contribution in [1.29, 1.82) is 0 Å². The molecule has 1 saturated heterocycles. The fraction of sp³-hybridized carbons (Fsp3) is 1.00. The summed E-state index contributed by atoms with van der Waals surface area (Å²) in [5, 5.41) is 9.42. The maximum Gasteiger partial charge on any atom is 0.0579 e. The van der Waals surface area contributed by atoms with E-state index in [2.05, 4.69) is 18.7 Å². The summed E-state index contributed by atoms with van der Waals surface area (Å²) < 4.78 is 5.25. The second-order valence-corrected chi connectivity index (χ2v) is 5.71. The molecule has 0 aromatic heterocycles. The van der Waals surface area contributed by atoms with Crippen LogP contribution in [-0.4, -0.2) is 49.0 Å². The van der Waals surface area contributed by atoms with E-state index in [1.54, 1.807) is 0 Å². The predicted octanol–water partition coefficient (Wildman–Crippen LogP) is 1.12. The SMILES string of the molecule is CC(C)CN(CC1(CO)COC1)C1CC1. The zero-order chi connectivity index (χ0) is 10.9. The Labute approximate surface area is 92.4 Å². The number of hydrogen-bond donors (Lipinski definition) is 1. The van der Waals surface area contributed by atoms with Crippen molar-refractivity contribution < 1.29 is 9.84 Å².